The molecule has 0 saturated carbocycles. The van der Waals surface area contributed by atoms with E-state index in [1.54, 1.807) is 26.0 Å². The second kappa shape index (κ2) is 14.3. The largest absolute Gasteiger partial charge is 0.505 e. The summed E-state index contributed by atoms with van der Waals surface area (Å²) in [6, 6.07) is 2.52. The van der Waals surface area contributed by atoms with E-state index in [-0.39, 0.29) is 29.3 Å². The van der Waals surface area contributed by atoms with Gasteiger partial charge in [0.15, 0.2) is 6.10 Å². The number of primary amides is 1. The first-order valence-electron chi connectivity index (χ1n) is 12.8. The first kappa shape index (κ1) is 31.3. The Hall–Kier alpha value is -2.95. The summed E-state index contributed by atoms with van der Waals surface area (Å²) in [5.74, 6) is -1.95. The fourth-order valence-corrected chi connectivity index (χ4v) is 4.81. The molecular formula is C28H41FN2O7. The molecule has 0 spiro atoms. The first-order valence-corrected chi connectivity index (χ1v) is 12.8. The highest BCUT2D eigenvalue weighted by atomic mass is 19.1. The maximum absolute atomic E-state index is 14.7. The Morgan fingerprint density at radius 2 is 1.82 bits per heavy atom. The highest BCUT2D eigenvalue weighted by Crippen LogP contribution is 2.33. The van der Waals surface area contributed by atoms with E-state index in [0.717, 1.165) is 0 Å². The van der Waals surface area contributed by atoms with Crippen LogP contribution in [0.15, 0.2) is 35.4 Å². The summed E-state index contributed by atoms with van der Waals surface area (Å²) < 4.78 is 31.3. The number of hydrogen-bond donors (Lipinski definition) is 4. The molecule has 2 bridgehead atoms. The van der Waals surface area contributed by atoms with Gasteiger partial charge >= 0.3 is 6.09 Å². The smallest absolute Gasteiger partial charge is 0.405 e. The van der Waals surface area contributed by atoms with Gasteiger partial charge in [-0.15, -0.1) is 0 Å². The molecule has 1 aliphatic heterocycles. The van der Waals surface area contributed by atoms with E-state index >= 15 is 0 Å². The van der Waals surface area contributed by atoms with Crippen molar-refractivity contribution in [2.24, 2.45) is 17.6 Å². The number of methoxy groups -OCH3 is 2. The average Bonchev–Trinajstić information content (AvgIpc) is 2.86. The van der Waals surface area contributed by atoms with Crippen LogP contribution in [0.2, 0.25) is 0 Å². The SMILES string of the molecule is CO[C@H]1C[C@H](C)Cc2c(F)ccc(c2O)NC(=O)C(C)=CCC[C@H](OC)[C@@H](OC(N)=O)C(C)=C[C@H](C)[C@H]1O. The van der Waals surface area contributed by atoms with E-state index in [4.69, 9.17) is 19.9 Å². The lowest BCUT2D eigenvalue weighted by Crippen LogP contribution is -2.37. The van der Waals surface area contributed by atoms with Gasteiger partial charge in [-0.3, -0.25) is 4.79 Å². The van der Waals surface area contributed by atoms with Crippen molar-refractivity contribution in [2.75, 3.05) is 19.5 Å². The maximum atomic E-state index is 14.7. The number of amides is 2. The van der Waals surface area contributed by atoms with Gasteiger partial charge in [-0.05, 0) is 63.2 Å². The van der Waals surface area contributed by atoms with Crippen molar-refractivity contribution in [1.29, 1.82) is 0 Å². The molecule has 0 unspecified atom stereocenters. The van der Waals surface area contributed by atoms with Crippen molar-refractivity contribution < 1.29 is 38.4 Å². The number of carbonyl (C=O) groups excluding carboxylic acids is 2. The van der Waals surface area contributed by atoms with Gasteiger partial charge in [0.2, 0.25) is 0 Å². The Labute approximate surface area is 223 Å². The van der Waals surface area contributed by atoms with Crippen LogP contribution in [0.4, 0.5) is 14.9 Å². The highest BCUT2D eigenvalue weighted by Gasteiger charge is 2.30. The van der Waals surface area contributed by atoms with E-state index in [9.17, 15) is 24.2 Å². The van der Waals surface area contributed by atoms with Crippen molar-refractivity contribution >= 4 is 17.7 Å². The predicted octanol–water partition coefficient (Wildman–Crippen LogP) is 4.22. The number of ether oxygens (including phenoxy) is 3. The molecule has 38 heavy (non-hydrogen) atoms. The molecule has 0 fully saturated rings. The molecule has 1 aromatic rings. The second-order valence-corrected chi connectivity index (χ2v) is 10.1. The van der Waals surface area contributed by atoms with Crippen LogP contribution >= 0.6 is 0 Å². The lowest BCUT2D eigenvalue weighted by Gasteiger charge is -2.30. The number of halogens is 1. The van der Waals surface area contributed by atoms with Crippen LogP contribution in [0.25, 0.3) is 0 Å². The molecule has 10 heteroatoms. The third-order valence-electron chi connectivity index (χ3n) is 7.00. The van der Waals surface area contributed by atoms with Gasteiger partial charge in [0.1, 0.15) is 11.6 Å². The Balaban J connectivity index is 2.52. The predicted molar refractivity (Wildman–Crippen MR) is 142 cm³/mol. The molecule has 0 aromatic heterocycles. The molecular weight excluding hydrogens is 495 g/mol. The number of benzene rings is 1. The Kier molecular flexibility index (Phi) is 11.7. The molecule has 0 aliphatic carbocycles. The van der Waals surface area contributed by atoms with Crippen LogP contribution in [0.1, 0.15) is 52.5 Å². The zero-order chi connectivity index (χ0) is 28.6. The van der Waals surface area contributed by atoms with Crippen LogP contribution in [0.5, 0.6) is 5.75 Å². The van der Waals surface area contributed by atoms with Gasteiger partial charge in [0.05, 0.1) is 24.0 Å². The zero-order valence-corrected chi connectivity index (χ0v) is 23.0. The Morgan fingerprint density at radius 1 is 1.16 bits per heavy atom. The molecule has 6 atom stereocenters. The molecule has 1 aromatic carbocycles. The molecule has 0 saturated heterocycles. The van der Waals surface area contributed by atoms with Crippen LogP contribution < -0.4 is 11.1 Å². The number of rotatable bonds is 3. The summed E-state index contributed by atoms with van der Waals surface area (Å²) in [7, 11) is 2.98. The number of aromatic hydroxyl groups is 1. The lowest BCUT2D eigenvalue weighted by molar-refractivity contribution is -0.112. The number of nitrogens with one attached hydrogen (secondary N) is 1. The van der Waals surface area contributed by atoms with Crippen molar-refractivity contribution in [2.45, 2.75) is 77.8 Å². The summed E-state index contributed by atoms with van der Waals surface area (Å²) in [5, 5.41) is 24.5. The van der Waals surface area contributed by atoms with E-state index in [0.29, 0.717) is 30.4 Å². The van der Waals surface area contributed by atoms with Gasteiger partial charge in [0.25, 0.3) is 5.91 Å². The normalized spacial score (nSPS) is 28.2. The first-order chi connectivity index (χ1) is 17.9. The van der Waals surface area contributed by atoms with E-state index in [2.05, 4.69) is 5.32 Å². The Morgan fingerprint density at radius 3 is 2.42 bits per heavy atom. The van der Waals surface area contributed by atoms with Gasteiger partial charge in [-0.2, -0.15) is 0 Å². The summed E-state index contributed by atoms with van der Waals surface area (Å²) >= 11 is 0. The minimum atomic E-state index is -0.958. The molecule has 212 valence electrons. The topological polar surface area (TPSA) is 140 Å². The van der Waals surface area contributed by atoms with Gasteiger partial charge in [0, 0.05) is 31.3 Å². The number of anilines is 1. The second-order valence-electron chi connectivity index (χ2n) is 10.1. The zero-order valence-electron chi connectivity index (χ0n) is 23.0. The number of aliphatic hydroxyl groups excluding tert-OH is 1. The summed E-state index contributed by atoms with van der Waals surface area (Å²) in [4.78, 5) is 24.4. The fourth-order valence-electron chi connectivity index (χ4n) is 4.81. The van der Waals surface area contributed by atoms with Crippen molar-refractivity contribution in [3.05, 3.63) is 46.8 Å². The number of allylic oxidation sites excluding steroid dienone is 1. The number of fused-ring (bicyclic) bond motifs is 2. The molecule has 0 radical (unpaired) electrons. The van der Waals surface area contributed by atoms with Crippen LogP contribution in [0, 0.1) is 17.7 Å². The molecule has 9 nitrogen and oxygen atoms in total. The van der Waals surface area contributed by atoms with Crippen LogP contribution in [-0.4, -0.2) is 60.8 Å². The maximum Gasteiger partial charge on any atom is 0.405 e. The fraction of sp³-hybridized carbons (Fsp3) is 0.571. The standard InChI is InChI=1S/C28H41FN2O7/c1-15-12-19-20(29)10-11-21(25(19)33)31-27(34)16(2)8-7-9-22(36-5)26(38-28(30)35)18(4)14-17(3)24(32)23(13-15)37-6/h8,10-11,14-15,17,22-24,26,32-33H,7,9,12-13H2,1-6H3,(H2,30,35)(H,31,34)/t15-,17+,22+,23+,24-,26+/m1/s1. The van der Waals surface area contributed by atoms with Crippen molar-refractivity contribution in [3.63, 3.8) is 0 Å². The highest BCUT2D eigenvalue weighted by molar-refractivity contribution is 6.04. The molecule has 1 aliphatic rings. The van der Waals surface area contributed by atoms with Crippen LogP contribution in [0.3, 0.4) is 0 Å². The quantitative estimate of drug-likeness (QED) is 0.335. The summed E-state index contributed by atoms with van der Waals surface area (Å²) in [5.41, 5.74) is 6.55. The lowest BCUT2D eigenvalue weighted by atomic mass is 9.88. The number of carbonyl (C=O) groups is 2. The molecule has 5 N–H and O–H groups in total. The number of hydrogen-bond acceptors (Lipinski definition) is 7. The van der Waals surface area contributed by atoms with Crippen molar-refractivity contribution in [1.82, 2.24) is 0 Å². The molecule has 2 rings (SSSR count). The number of phenols is 1. The average molecular weight is 537 g/mol. The van der Waals surface area contributed by atoms with E-state index < -0.39 is 48.2 Å². The van der Waals surface area contributed by atoms with E-state index in [1.807, 2.05) is 13.8 Å². The number of phenolic OH excluding ortho intramolecular Hbond substituents is 1. The van der Waals surface area contributed by atoms with Gasteiger partial charge < -0.3 is 35.5 Å². The van der Waals surface area contributed by atoms with Crippen LogP contribution in [-0.2, 0) is 25.4 Å². The van der Waals surface area contributed by atoms with E-state index in [1.165, 1.54) is 26.4 Å². The molecule has 1 heterocycles. The Bertz CT molecular complexity index is 1040. The third-order valence-corrected chi connectivity index (χ3v) is 7.00. The minimum absolute atomic E-state index is 0.0809. The third kappa shape index (κ3) is 8.28. The van der Waals surface area contributed by atoms with Gasteiger partial charge in [-0.1, -0.05) is 26.0 Å². The summed E-state index contributed by atoms with van der Waals surface area (Å²) in [6.07, 6.45) is 0.968. The number of nitrogens with two attached hydrogens (primary N) is 1. The monoisotopic (exact) mass is 536 g/mol. The minimum Gasteiger partial charge on any atom is -0.505 e. The number of aliphatic hydroxyl groups is 1. The van der Waals surface area contributed by atoms with Gasteiger partial charge in [-0.25, -0.2) is 9.18 Å². The summed E-state index contributed by atoms with van der Waals surface area (Å²) in [6.45, 7) is 7.07. The molecule has 2 amide bonds. The van der Waals surface area contributed by atoms with Crippen molar-refractivity contribution in [3.8, 4) is 5.75 Å².